The monoisotopic (exact) mass is 300 g/mol. The lowest BCUT2D eigenvalue weighted by molar-refractivity contribution is -0.384. The van der Waals surface area contributed by atoms with Crippen LogP contribution in [0.4, 0.5) is 11.4 Å². The summed E-state index contributed by atoms with van der Waals surface area (Å²) < 4.78 is 0. The molecule has 1 N–H and O–H groups in total. The number of nitro benzene ring substituents is 1. The largest absolute Gasteiger partial charge is 0.377 e. The molecule has 0 aliphatic rings. The van der Waals surface area contributed by atoms with Crippen LogP contribution in [0, 0.1) is 10.1 Å². The third-order valence-electron chi connectivity index (χ3n) is 3.09. The summed E-state index contributed by atoms with van der Waals surface area (Å²) in [5.41, 5.74) is 1.63. The Morgan fingerprint density at radius 1 is 1.36 bits per heavy atom. The Bertz CT molecular complexity index is 686. The Kier molecular flexibility index (Phi) is 4.67. The summed E-state index contributed by atoms with van der Waals surface area (Å²) in [4.78, 5) is 28.4. The maximum absolute atomic E-state index is 12.3. The number of pyridine rings is 1. The normalized spacial score (nSPS) is 10.1. The summed E-state index contributed by atoms with van der Waals surface area (Å²) in [7, 11) is 3.55. The number of hydrogen-bond acceptors (Lipinski definition) is 5. The van der Waals surface area contributed by atoms with E-state index in [-0.39, 0.29) is 17.2 Å². The lowest BCUT2D eigenvalue weighted by Crippen LogP contribution is -2.25. The van der Waals surface area contributed by atoms with Gasteiger partial charge in [-0.2, -0.15) is 0 Å². The summed E-state index contributed by atoms with van der Waals surface area (Å²) in [6.07, 6.45) is 3.30. The van der Waals surface area contributed by atoms with E-state index in [1.165, 1.54) is 12.1 Å². The van der Waals surface area contributed by atoms with Crippen molar-refractivity contribution in [1.82, 2.24) is 10.3 Å². The van der Waals surface area contributed by atoms with Crippen LogP contribution in [-0.4, -0.2) is 29.9 Å². The Hall–Kier alpha value is -2.96. The molecular formula is C15H16N4O3. The molecule has 22 heavy (non-hydrogen) atoms. The minimum Gasteiger partial charge on any atom is -0.377 e. The van der Waals surface area contributed by atoms with Gasteiger partial charge in [-0.15, -0.1) is 0 Å². The van der Waals surface area contributed by atoms with Gasteiger partial charge < -0.3 is 10.2 Å². The first-order valence-corrected chi connectivity index (χ1v) is 6.62. The molecule has 1 aromatic heterocycles. The second kappa shape index (κ2) is 6.66. The standard InChI is InChI=1S/C15H16N4O3/c1-18(2)14-6-5-12(19(21)22)8-13(14)15(20)17-10-11-4-3-7-16-9-11/h3-9H,10H2,1-2H3,(H,17,20). The highest BCUT2D eigenvalue weighted by Gasteiger charge is 2.17. The molecule has 0 aliphatic heterocycles. The third kappa shape index (κ3) is 3.57. The molecule has 2 rings (SSSR count). The minimum absolute atomic E-state index is 0.114. The maximum Gasteiger partial charge on any atom is 0.270 e. The molecule has 1 aromatic carbocycles. The van der Waals surface area contributed by atoms with Crippen molar-refractivity contribution in [1.29, 1.82) is 0 Å². The summed E-state index contributed by atoms with van der Waals surface area (Å²) in [5, 5.41) is 13.6. The van der Waals surface area contributed by atoms with Gasteiger partial charge in [-0.05, 0) is 17.7 Å². The number of amides is 1. The molecular weight excluding hydrogens is 284 g/mol. The van der Waals surface area contributed by atoms with Gasteiger partial charge in [-0.25, -0.2) is 0 Å². The van der Waals surface area contributed by atoms with Crippen molar-refractivity contribution in [2.45, 2.75) is 6.54 Å². The van der Waals surface area contributed by atoms with Crippen LogP contribution in [0.5, 0.6) is 0 Å². The zero-order valence-corrected chi connectivity index (χ0v) is 12.3. The fraction of sp³-hybridized carbons (Fsp3) is 0.200. The smallest absolute Gasteiger partial charge is 0.270 e. The van der Waals surface area contributed by atoms with Crippen molar-refractivity contribution in [3.05, 3.63) is 64.0 Å². The van der Waals surface area contributed by atoms with Crippen molar-refractivity contribution < 1.29 is 9.72 Å². The van der Waals surface area contributed by atoms with Gasteiger partial charge in [0, 0.05) is 50.9 Å². The Morgan fingerprint density at radius 2 is 2.14 bits per heavy atom. The minimum atomic E-state index is -0.517. The number of aromatic nitrogens is 1. The van der Waals surface area contributed by atoms with Crippen molar-refractivity contribution >= 4 is 17.3 Å². The third-order valence-corrected chi connectivity index (χ3v) is 3.09. The number of nitrogens with zero attached hydrogens (tertiary/aromatic N) is 3. The van der Waals surface area contributed by atoms with E-state index in [1.54, 1.807) is 43.5 Å². The van der Waals surface area contributed by atoms with Gasteiger partial charge in [0.1, 0.15) is 0 Å². The summed E-state index contributed by atoms with van der Waals surface area (Å²) >= 11 is 0. The molecule has 7 nitrogen and oxygen atoms in total. The van der Waals surface area contributed by atoms with E-state index >= 15 is 0 Å². The highest BCUT2D eigenvalue weighted by atomic mass is 16.6. The van der Waals surface area contributed by atoms with Crippen molar-refractivity contribution in [2.24, 2.45) is 0 Å². The number of carbonyl (C=O) groups is 1. The van der Waals surface area contributed by atoms with E-state index in [1.807, 2.05) is 6.07 Å². The van der Waals surface area contributed by atoms with Crippen LogP contribution in [0.25, 0.3) is 0 Å². The molecule has 1 amide bonds. The van der Waals surface area contributed by atoms with E-state index in [2.05, 4.69) is 10.3 Å². The van der Waals surface area contributed by atoms with E-state index in [0.29, 0.717) is 12.2 Å². The Balaban J connectivity index is 2.23. The SMILES string of the molecule is CN(C)c1ccc([N+](=O)[O-])cc1C(=O)NCc1cccnc1. The van der Waals surface area contributed by atoms with E-state index < -0.39 is 4.92 Å². The number of nitrogens with one attached hydrogen (secondary N) is 1. The predicted octanol–water partition coefficient (Wildman–Crippen LogP) is 1.99. The van der Waals surface area contributed by atoms with Crippen LogP contribution in [0.15, 0.2) is 42.7 Å². The lowest BCUT2D eigenvalue weighted by atomic mass is 10.1. The number of nitro groups is 1. The molecule has 0 bridgehead atoms. The van der Waals surface area contributed by atoms with E-state index in [4.69, 9.17) is 0 Å². The second-order valence-electron chi connectivity index (χ2n) is 4.90. The number of carbonyl (C=O) groups excluding carboxylic acids is 1. The quantitative estimate of drug-likeness (QED) is 0.674. The topological polar surface area (TPSA) is 88.4 Å². The highest BCUT2D eigenvalue weighted by molar-refractivity contribution is 6.00. The van der Waals surface area contributed by atoms with Crippen LogP contribution < -0.4 is 10.2 Å². The summed E-state index contributed by atoms with van der Waals surface area (Å²) in [6, 6.07) is 7.85. The molecule has 114 valence electrons. The molecule has 0 fully saturated rings. The predicted molar refractivity (Wildman–Crippen MR) is 82.8 cm³/mol. The van der Waals surface area contributed by atoms with Gasteiger partial charge in [-0.1, -0.05) is 6.07 Å². The lowest BCUT2D eigenvalue weighted by Gasteiger charge is -2.17. The molecule has 0 unspecified atom stereocenters. The fourth-order valence-corrected chi connectivity index (χ4v) is 1.99. The molecule has 0 saturated heterocycles. The molecule has 0 radical (unpaired) electrons. The fourth-order valence-electron chi connectivity index (χ4n) is 1.99. The second-order valence-corrected chi connectivity index (χ2v) is 4.90. The van der Waals surface area contributed by atoms with E-state index in [0.717, 1.165) is 5.56 Å². The Labute approximate surface area is 127 Å². The van der Waals surface area contributed by atoms with Crippen LogP contribution in [0.2, 0.25) is 0 Å². The maximum atomic E-state index is 12.3. The molecule has 2 aromatic rings. The number of anilines is 1. The van der Waals surface area contributed by atoms with Gasteiger partial charge >= 0.3 is 0 Å². The van der Waals surface area contributed by atoms with Gasteiger partial charge in [0.25, 0.3) is 11.6 Å². The van der Waals surface area contributed by atoms with Crippen LogP contribution in [0.3, 0.4) is 0 Å². The summed E-state index contributed by atoms with van der Waals surface area (Å²) in [6.45, 7) is 0.308. The first kappa shape index (κ1) is 15.4. The zero-order chi connectivity index (χ0) is 16.1. The number of non-ortho nitro benzene ring substituents is 1. The molecule has 7 heteroatoms. The van der Waals surface area contributed by atoms with E-state index in [9.17, 15) is 14.9 Å². The summed E-state index contributed by atoms with van der Waals surface area (Å²) in [5.74, 6) is -0.365. The number of hydrogen-bond donors (Lipinski definition) is 1. The molecule has 1 heterocycles. The molecule has 0 spiro atoms. The van der Waals surface area contributed by atoms with Gasteiger partial charge in [0.15, 0.2) is 0 Å². The van der Waals surface area contributed by atoms with Gasteiger partial charge in [0.05, 0.1) is 10.5 Å². The number of rotatable bonds is 5. The average Bonchev–Trinajstić information content (AvgIpc) is 2.52. The number of benzene rings is 1. The molecule has 0 aliphatic carbocycles. The van der Waals surface area contributed by atoms with Crippen LogP contribution in [-0.2, 0) is 6.54 Å². The highest BCUT2D eigenvalue weighted by Crippen LogP contribution is 2.24. The first-order valence-electron chi connectivity index (χ1n) is 6.62. The average molecular weight is 300 g/mol. The van der Waals surface area contributed by atoms with Crippen molar-refractivity contribution in [3.8, 4) is 0 Å². The Morgan fingerprint density at radius 3 is 2.73 bits per heavy atom. The van der Waals surface area contributed by atoms with Gasteiger partial charge in [0.2, 0.25) is 0 Å². The molecule has 0 atom stereocenters. The van der Waals surface area contributed by atoms with Crippen LogP contribution >= 0.6 is 0 Å². The first-order chi connectivity index (χ1) is 10.5. The van der Waals surface area contributed by atoms with Crippen LogP contribution in [0.1, 0.15) is 15.9 Å². The molecule has 0 saturated carbocycles. The van der Waals surface area contributed by atoms with Crippen molar-refractivity contribution in [3.63, 3.8) is 0 Å². The van der Waals surface area contributed by atoms with Crippen molar-refractivity contribution in [2.75, 3.05) is 19.0 Å². The zero-order valence-electron chi connectivity index (χ0n) is 12.3. The van der Waals surface area contributed by atoms with Gasteiger partial charge in [-0.3, -0.25) is 19.9 Å².